The fourth-order valence-corrected chi connectivity index (χ4v) is 1.32. The SMILES string of the molecule is C=C/C=C/N(CC(C)C)CC(C)C. The van der Waals surface area contributed by atoms with E-state index in [2.05, 4.69) is 45.4 Å². The standard InChI is InChI=1S/C12H23N/c1-6-7-8-13(9-11(2)3)10-12(4)5/h6-8,11-12H,1,9-10H2,2-5H3/b8-7+. The summed E-state index contributed by atoms with van der Waals surface area (Å²) in [5.41, 5.74) is 0. The maximum Gasteiger partial charge on any atom is 0.0195 e. The smallest absolute Gasteiger partial charge is 0.0195 e. The molecule has 0 saturated heterocycles. The number of hydrogen-bond donors (Lipinski definition) is 0. The lowest BCUT2D eigenvalue weighted by Crippen LogP contribution is -2.26. The predicted octanol–water partition coefficient (Wildman–Crippen LogP) is 3.30. The monoisotopic (exact) mass is 181 g/mol. The lowest BCUT2D eigenvalue weighted by molar-refractivity contribution is 0.296. The van der Waals surface area contributed by atoms with Crippen LogP contribution in [0, 0.1) is 11.8 Å². The summed E-state index contributed by atoms with van der Waals surface area (Å²) < 4.78 is 0. The van der Waals surface area contributed by atoms with Gasteiger partial charge in [0.1, 0.15) is 0 Å². The molecule has 13 heavy (non-hydrogen) atoms. The van der Waals surface area contributed by atoms with Crippen LogP contribution in [0.3, 0.4) is 0 Å². The zero-order chi connectivity index (χ0) is 10.3. The van der Waals surface area contributed by atoms with Crippen molar-refractivity contribution in [3.05, 3.63) is 24.9 Å². The zero-order valence-corrected chi connectivity index (χ0v) is 9.46. The molecule has 1 heteroatoms. The van der Waals surface area contributed by atoms with Crippen molar-refractivity contribution >= 4 is 0 Å². The first-order chi connectivity index (χ1) is 6.06. The van der Waals surface area contributed by atoms with Crippen LogP contribution in [-0.2, 0) is 0 Å². The summed E-state index contributed by atoms with van der Waals surface area (Å²) >= 11 is 0. The molecule has 0 aliphatic heterocycles. The molecule has 0 spiro atoms. The third kappa shape index (κ3) is 7.63. The molecule has 0 N–H and O–H groups in total. The largest absolute Gasteiger partial charge is 0.377 e. The normalized spacial score (nSPS) is 11.5. The van der Waals surface area contributed by atoms with Gasteiger partial charge in [-0.05, 0) is 24.1 Å². The van der Waals surface area contributed by atoms with E-state index in [-0.39, 0.29) is 0 Å². The second kappa shape index (κ2) is 6.76. The Morgan fingerprint density at radius 2 is 1.54 bits per heavy atom. The fraction of sp³-hybridized carbons (Fsp3) is 0.667. The van der Waals surface area contributed by atoms with Gasteiger partial charge < -0.3 is 4.90 Å². The molecule has 0 aromatic carbocycles. The number of nitrogens with zero attached hydrogens (tertiary/aromatic N) is 1. The first-order valence-corrected chi connectivity index (χ1v) is 5.09. The summed E-state index contributed by atoms with van der Waals surface area (Å²) in [6.45, 7) is 14.9. The summed E-state index contributed by atoms with van der Waals surface area (Å²) in [6.07, 6.45) is 5.96. The van der Waals surface area contributed by atoms with E-state index in [1.54, 1.807) is 0 Å². The zero-order valence-electron chi connectivity index (χ0n) is 9.46. The minimum absolute atomic E-state index is 0.716. The van der Waals surface area contributed by atoms with Crippen molar-refractivity contribution in [2.45, 2.75) is 27.7 Å². The molecule has 0 aromatic rings. The summed E-state index contributed by atoms with van der Waals surface area (Å²) in [7, 11) is 0. The van der Waals surface area contributed by atoms with Gasteiger partial charge in [-0.1, -0.05) is 40.3 Å². The Balaban J connectivity index is 4.02. The predicted molar refractivity (Wildman–Crippen MR) is 60.6 cm³/mol. The van der Waals surface area contributed by atoms with E-state index in [0.29, 0.717) is 11.8 Å². The van der Waals surface area contributed by atoms with E-state index in [1.165, 1.54) is 0 Å². The van der Waals surface area contributed by atoms with Crippen molar-refractivity contribution in [1.82, 2.24) is 4.90 Å². The summed E-state index contributed by atoms with van der Waals surface area (Å²) in [4.78, 5) is 2.36. The lowest BCUT2D eigenvalue weighted by atomic mass is 10.1. The van der Waals surface area contributed by atoms with E-state index < -0.39 is 0 Å². The van der Waals surface area contributed by atoms with Crippen LogP contribution < -0.4 is 0 Å². The van der Waals surface area contributed by atoms with Crippen molar-refractivity contribution in [3.8, 4) is 0 Å². The molecular weight excluding hydrogens is 158 g/mol. The van der Waals surface area contributed by atoms with E-state index in [0.717, 1.165) is 13.1 Å². The molecule has 0 unspecified atom stereocenters. The highest BCUT2D eigenvalue weighted by Crippen LogP contribution is 2.04. The van der Waals surface area contributed by atoms with E-state index in [4.69, 9.17) is 0 Å². The number of rotatable bonds is 6. The van der Waals surface area contributed by atoms with Gasteiger partial charge in [0.2, 0.25) is 0 Å². The van der Waals surface area contributed by atoms with Gasteiger partial charge in [-0.25, -0.2) is 0 Å². The highest BCUT2D eigenvalue weighted by atomic mass is 15.1. The van der Waals surface area contributed by atoms with Gasteiger partial charge in [0.25, 0.3) is 0 Å². The van der Waals surface area contributed by atoms with Gasteiger partial charge in [0.05, 0.1) is 0 Å². The van der Waals surface area contributed by atoms with Crippen LogP contribution in [0.15, 0.2) is 24.9 Å². The van der Waals surface area contributed by atoms with Crippen molar-refractivity contribution in [1.29, 1.82) is 0 Å². The van der Waals surface area contributed by atoms with Gasteiger partial charge in [0.15, 0.2) is 0 Å². The van der Waals surface area contributed by atoms with Crippen molar-refractivity contribution in [3.63, 3.8) is 0 Å². The molecule has 0 aliphatic rings. The number of allylic oxidation sites excluding steroid dienone is 2. The Hall–Kier alpha value is -0.720. The van der Waals surface area contributed by atoms with Crippen LogP contribution in [0.2, 0.25) is 0 Å². The highest BCUT2D eigenvalue weighted by Gasteiger charge is 2.04. The van der Waals surface area contributed by atoms with Crippen molar-refractivity contribution in [2.24, 2.45) is 11.8 Å². The van der Waals surface area contributed by atoms with Crippen LogP contribution in [0.4, 0.5) is 0 Å². The average molecular weight is 181 g/mol. The molecule has 0 saturated carbocycles. The third-order valence-electron chi connectivity index (χ3n) is 1.63. The second-order valence-electron chi connectivity index (χ2n) is 4.32. The van der Waals surface area contributed by atoms with Crippen molar-refractivity contribution in [2.75, 3.05) is 13.1 Å². The highest BCUT2D eigenvalue weighted by molar-refractivity contribution is 4.97. The molecule has 0 aromatic heterocycles. The average Bonchev–Trinajstić information content (AvgIpc) is 1.98. The van der Waals surface area contributed by atoms with Crippen LogP contribution in [0.1, 0.15) is 27.7 Å². The van der Waals surface area contributed by atoms with Gasteiger partial charge >= 0.3 is 0 Å². The Bertz CT molecular complexity index is 147. The number of hydrogen-bond acceptors (Lipinski definition) is 1. The summed E-state index contributed by atoms with van der Waals surface area (Å²) in [6, 6.07) is 0. The molecule has 0 aliphatic carbocycles. The van der Waals surface area contributed by atoms with E-state index >= 15 is 0 Å². The minimum atomic E-state index is 0.716. The lowest BCUT2D eigenvalue weighted by Gasteiger charge is -2.24. The first kappa shape index (κ1) is 12.3. The summed E-state index contributed by atoms with van der Waals surface area (Å²) in [5, 5.41) is 0. The molecule has 0 heterocycles. The third-order valence-corrected chi connectivity index (χ3v) is 1.63. The molecule has 0 atom stereocenters. The van der Waals surface area contributed by atoms with Crippen LogP contribution in [0.5, 0.6) is 0 Å². The Morgan fingerprint density at radius 3 is 1.85 bits per heavy atom. The molecule has 0 fully saturated rings. The van der Waals surface area contributed by atoms with Gasteiger partial charge in [-0.3, -0.25) is 0 Å². The minimum Gasteiger partial charge on any atom is -0.377 e. The molecule has 76 valence electrons. The molecule has 1 nitrogen and oxygen atoms in total. The second-order valence-corrected chi connectivity index (χ2v) is 4.32. The molecule has 0 bridgehead atoms. The Labute approximate surface area is 83.1 Å². The maximum absolute atomic E-state index is 3.68. The molecule has 0 radical (unpaired) electrons. The Kier molecular flexibility index (Phi) is 6.38. The first-order valence-electron chi connectivity index (χ1n) is 5.09. The topological polar surface area (TPSA) is 3.24 Å². The van der Waals surface area contributed by atoms with E-state index in [9.17, 15) is 0 Å². The molecule has 0 rings (SSSR count). The molecular formula is C12H23N. The van der Waals surface area contributed by atoms with Gasteiger partial charge in [0, 0.05) is 13.1 Å². The quantitative estimate of drug-likeness (QED) is 0.568. The maximum atomic E-state index is 3.68. The molecule has 0 amide bonds. The summed E-state index contributed by atoms with van der Waals surface area (Å²) in [5.74, 6) is 1.43. The fourth-order valence-electron chi connectivity index (χ4n) is 1.32. The van der Waals surface area contributed by atoms with E-state index in [1.807, 2.05) is 12.2 Å². The van der Waals surface area contributed by atoms with Gasteiger partial charge in [-0.2, -0.15) is 0 Å². The van der Waals surface area contributed by atoms with Gasteiger partial charge in [-0.15, -0.1) is 0 Å². The van der Waals surface area contributed by atoms with Crippen LogP contribution in [-0.4, -0.2) is 18.0 Å². The van der Waals surface area contributed by atoms with Crippen LogP contribution in [0.25, 0.3) is 0 Å². The van der Waals surface area contributed by atoms with Crippen molar-refractivity contribution < 1.29 is 0 Å². The van der Waals surface area contributed by atoms with Crippen LogP contribution >= 0.6 is 0 Å². The Morgan fingerprint density at radius 1 is 1.08 bits per heavy atom.